The van der Waals surface area contributed by atoms with Crippen molar-refractivity contribution in [3.05, 3.63) is 80.6 Å². The summed E-state index contributed by atoms with van der Waals surface area (Å²) >= 11 is 12.8. The first-order valence-electron chi connectivity index (χ1n) is 10.7. The number of halogens is 2. The maximum absolute atomic E-state index is 13.6. The van der Waals surface area contributed by atoms with Gasteiger partial charge >= 0.3 is 0 Å². The Kier molecular flexibility index (Phi) is 6.30. The molecule has 2 aromatic rings. The van der Waals surface area contributed by atoms with Crippen molar-refractivity contribution in [2.75, 3.05) is 12.4 Å². The minimum atomic E-state index is -0.607. The van der Waals surface area contributed by atoms with Crippen molar-refractivity contribution in [2.24, 2.45) is 5.41 Å². The summed E-state index contributed by atoms with van der Waals surface area (Å²) in [5, 5.41) is 7.21. The summed E-state index contributed by atoms with van der Waals surface area (Å²) in [7, 11) is 1.55. The summed E-state index contributed by atoms with van der Waals surface area (Å²) in [5.41, 5.74) is 3.61. The van der Waals surface area contributed by atoms with Gasteiger partial charge in [-0.15, -0.1) is 0 Å². The molecule has 1 aliphatic carbocycles. The molecule has 2 N–H and O–H groups in total. The van der Waals surface area contributed by atoms with Crippen LogP contribution >= 0.6 is 23.2 Å². The molecular weight excluding hydrogens is 459 g/mol. The van der Waals surface area contributed by atoms with Crippen LogP contribution in [-0.2, 0) is 9.59 Å². The van der Waals surface area contributed by atoms with Gasteiger partial charge in [0.15, 0.2) is 5.78 Å². The second kappa shape index (κ2) is 8.88. The normalized spacial score (nSPS) is 19.7. The van der Waals surface area contributed by atoms with Gasteiger partial charge in [-0.05, 0) is 48.6 Å². The van der Waals surface area contributed by atoms with E-state index in [9.17, 15) is 9.59 Å². The van der Waals surface area contributed by atoms with Crippen LogP contribution < -0.4 is 15.4 Å². The Morgan fingerprint density at radius 2 is 1.88 bits per heavy atom. The van der Waals surface area contributed by atoms with E-state index in [0.717, 1.165) is 5.70 Å². The van der Waals surface area contributed by atoms with Crippen molar-refractivity contribution in [1.82, 2.24) is 5.32 Å². The van der Waals surface area contributed by atoms with E-state index < -0.39 is 5.92 Å². The van der Waals surface area contributed by atoms with Gasteiger partial charge in [0, 0.05) is 44.9 Å². The number of ether oxygens (including phenoxy) is 1. The molecule has 7 heteroatoms. The number of carbonyl (C=O) groups excluding carboxylic acids is 2. The van der Waals surface area contributed by atoms with E-state index in [-0.39, 0.29) is 17.1 Å². The molecule has 0 radical (unpaired) electrons. The highest BCUT2D eigenvalue weighted by atomic mass is 35.5. The third-order valence-corrected chi connectivity index (χ3v) is 6.68. The molecule has 1 aliphatic heterocycles. The third kappa shape index (κ3) is 4.53. The molecule has 0 spiro atoms. The number of hydrogen-bond acceptors (Lipinski definition) is 4. The predicted molar refractivity (Wildman–Crippen MR) is 132 cm³/mol. The number of amides is 1. The molecule has 1 heterocycles. The van der Waals surface area contributed by atoms with Crippen LogP contribution in [0.25, 0.3) is 0 Å². The Hall–Kier alpha value is -2.76. The van der Waals surface area contributed by atoms with Crippen molar-refractivity contribution in [1.29, 1.82) is 0 Å². The van der Waals surface area contributed by atoms with Crippen LogP contribution in [0.3, 0.4) is 0 Å². The fourth-order valence-electron chi connectivity index (χ4n) is 4.72. The fourth-order valence-corrected chi connectivity index (χ4v) is 5.24. The van der Waals surface area contributed by atoms with Gasteiger partial charge in [0.1, 0.15) is 5.75 Å². The highest BCUT2D eigenvalue weighted by Gasteiger charge is 2.43. The molecule has 1 unspecified atom stereocenters. The number of allylic oxidation sites excluding steroid dienone is 3. The SMILES string of the molecule is COc1ccccc1NC(=O)C1=C(C)NC2=C(C(=O)CC(C)(C)C2)C1c1ccc(Cl)cc1Cl. The quantitative estimate of drug-likeness (QED) is 0.538. The molecule has 5 nitrogen and oxygen atoms in total. The Bertz CT molecular complexity index is 1210. The van der Waals surface area contributed by atoms with Crippen LogP contribution in [0.1, 0.15) is 45.1 Å². The molecule has 0 fully saturated rings. The summed E-state index contributed by atoms with van der Waals surface area (Å²) in [6.45, 7) is 6.00. The van der Waals surface area contributed by atoms with E-state index in [2.05, 4.69) is 24.5 Å². The lowest BCUT2D eigenvalue weighted by atomic mass is 9.68. The molecule has 1 atom stereocenters. The average Bonchev–Trinajstić information content (AvgIpc) is 2.72. The van der Waals surface area contributed by atoms with Crippen LogP contribution in [0, 0.1) is 5.41 Å². The minimum Gasteiger partial charge on any atom is -0.495 e. The number of benzene rings is 2. The maximum Gasteiger partial charge on any atom is 0.254 e. The summed E-state index contributed by atoms with van der Waals surface area (Å²) in [6.07, 6.45) is 1.10. The Balaban J connectivity index is 1.84. The van der Waals surface area contributed by atoms with Crippen LogP contribution in [0.15, 0.2) is 65.0 Å². The van der Waals surface area contributed by atoms with Gasteiger partial charge < -0.3 is 15.4 Å². The molecule has 2 aliphatic rings. The Morgan fingerprint density at radius 1 is 1.15 bits per heavy atom. The zero-order valence-electron chi connectivity index (χ0n) is 19.0. The number of carbonyl (C=O) groups is 2. The van der Waals surface area contributed by atoms with Crippen LogP contribution in [-0.4, -0.2) is 18.8 Å². The van der Waals surface area contributed by atoms with E-state index >= 15 is 0 Å². The third-order valence-electron chi connectivity index (χ3n) is 6.11. The highest BCUT2D eigenvalue weighted by molar-refractivity contribution is 6.35. The molecule has 0 saturated heterocycles. The first-order chi connectivity index (χ1) is 15.6. The zero-order valence-corrected chi connectivity index (χ0v) is 20.5. The number of nitrogens with one attached hydrogen (secondary N) is 2. The zero-order chi connectivity index (χ0) is 23.9. The molecule has 0 aromatic heterocycles. The number of para-hydroxylation sites is 2. The lowest BCUT2D eigenvalue weighted by molar-refractivity contribution is -0.118. The van der Waals surface area contributed by atoms with Gasteiger partial charge in [-0.25, -0.2) is 0 Å². The lowest BCUT2D eigenvalue weighted by Gasteiger charge is -2.39. The first kappa shape index (κ1) is 23.4. The number of ketones is 1. The van der Waals surface area contributed by atoms with Crippen LogP contribution in [0.4, 0.5) is 5.69 Å². The number of Topliss-reactive ketones (excluding diaryl/α,β-unsaturated/α-hetero) is 1. The Labute approximate surface area is 203 Å². The van der Waals surface area contributed by atoms with Gasteiger partial charge in [-0.1, -0.05) is 55.2 Å². The number of hydrogen-bond donors (Lipinski definition) is 2. The molecule has 2 aromatic carbocycles. The fraction of sp³-hybridized carbons (Fsp3) is 0.308. The number of dihydropyridines is 1. The minimum absolute atomic E-state index is 0.0138. The summed E-state index contributed by atoms with van der Waals surface area (Å²) in [4.78, 5) is 27.0. The van der Waals surface area contributed by atoms with E-state index in [1.165, 1.54) is 0 Å². The van der Waals surface area contributed by atoms with Gasteiger partial charge in [0.25, 0.3) is 5.91 Å². The van der Waals surface area contributed by atoms with E-state index in [4.69, 9.17) is 27.9 Å². The maximum atomic E-state index is 13.6. The van der Waals surface area contributed by atoms with Gasteiger partial charge in [-0.3, -0.25) is 9.59 Å². The number of rotatable bonds is 4. The predicted octanol–water partition coefficient (Wildman–Crippen LogP) is 6.24. The van der Waals surface area contributed by atoms with Crippen molar-refractivity contribution >= 4 is 40.6 Å². The standard InChI is InChI=1S/C26H26Cl2N2O3/c1-14-22(25(32)30-18-7-5-6-8-21(18)33-4)23(16-10-9-15(27)11-17(16)28)24-19(29-14)12-26(2,3)13-20(24)31/h5-11,23,29H,12-13H2,1-4H3,(H,30,32). The van der Waals surface area contributed by atoms with E-state index in [1.807, 2.05) is 19.1 Å². The largest absolute Gasteiger partial charge is 0.495 e. The van der Waals surface area contributed by atoms with Crippen LogP contribution in [0.2, 0.25) is 10.0 Å². The molecule has 0 saturated carbocycles. The summed E-state index contributed by atoms with van der Waals surface area (Å²) < 4.78 is 5.38. The van der Waals surface area contributed by atoms with Crippen molar-refractivity contribution < 1.29 is 14.3 Å². The first-order valence-corrected chi connectivity index (χ1v) is 11.5. The monoisotopic (exact) mass is 484 g/mol. The van der Waals surface area contributed by atoms with Gasteiger partial charge in [0.2, 0.25) is 0 Å². The topological polar surface area (TPSA) is 67.4 Å². The van der Waals surface area contributed by atoms with Crippen molar-refractivity contribution in [3.8, 4) is 5.75 Å². The van der Waals surface area contributed by atoms with E-state index in [0.29, 0.717) is 56.7 Å². The summed E-state index contributed by atoms with van der Waals surface area (Å²) in [6, 6.07) is 12.4. The molecular formula is C26H26Cl2N2O3. The molecule has 172 valence electrons. The van der Waals surface area contributed by atoms with Gasteiger partial charge in [-0.2, -0.15) is 0 Å². The van der Waals surface area contributed by atoms with Crippen molar-refractivity contribution in [2.45, 2.75) is 39.5 Å². The summed E-state index contributed by atoms with van der Waals surface area (Å²) in [5.74, 6) is -0.377. The molecule has 1 amide bonds. The number of anilines is 1. The Morgan fingerprint density at radius 3 is 2.58 bits per heavy atom. The smallest absolute Gasteiger partial charge is 0.254 e. The highest BCUT2D eigenvalue weighted by Crippen LogP contribution is 2.48. The van der Waals surface area contributed by atoms with E-state index in [1.54, 1.807) is 37.4 Å². The molecule has 0 bridgehead atoms. The second-order valence-electron chi connectivity index (χ2n) is 9.25. The van der Waals surface area contributed by atoms with Crippen molar-refractivity contribution in [3.63, 3.8) is 0 Å². The molecule has 33 heavy (non-hydrogen) atoms. The lowest BCUT2D eigenvalue weighted by Crippen LogP contribution is -2.39. The second-order valence-corrected chi connectivity index (χ2v) is 10.1. The molecule has 4 rings (SSSR count). The average molecular weight is 485 g/mol. The van der Waals surface area contributed by atoms with Crippen LogP contribution in [0.5, 0.6) is 5.75 Å². The number of methoxy groups -OCH3 is 1. The van der Waals surface area contributed by atoms with Gasteiger partial charge in [0.05, 0.1) is 12.8 Å².